The van der Waals surface area contributed by atoms with Crippen LogP contribution in [0.4, 0.5) is 0 Å². The summed E-state index contributed by atoms with van der Waals surface area (Å²) in [5, 5.41) is 10.6. The van der Waals surface area contributed by atoms with Crippen LogP contribution in [0.1, 0.15) is 16.7 Å². The molecule has 0 aliphatic carbocycles. The lowest BCUT2D eigenvalue weighted by molar-refractivity contribution is 0.0741. The van der Waals surface area contributed by atoms with Crippen LogP contribution >= 0.6 is 11.6 Å². The monoisotopic (exact) mass is 334 g/mol. The van der Waals surface area contributed by atoms with E-state index >= 15 is 0 Å². The van der Waals surface area contributed by atoms with Crippen molar-refractivity contribution in [3.63, 3.8) is 0 Å². The third-order valence-electron chi connectivity index (χ3n) is 3.53. The highest BCUT2D eigenvalue weighted by Crippen LogP contribution is 2.18. The Bertz CT molecular complexity index is 631. The lowest BCUT2D eigenvalue weighted by Gasteiger charge is -2.21. The number of aromatic nitrogens is 1. The molecular formula is C18H23ClN2O2. The van der Waals surface area contributed by atoms with Gasteiger partial charge in [0.05, 0.1) is 0 Å². The van der Waals surface area contributed by atoms with Gasteiger partial charge >= 0.3 is 0 Å². The van der Waals surface area contributed by atoms with E-state index in [1.807, 2.05) is 44.0 Å². The molecule has 0 saturated heterocycles. The van der Waals surface area contributed by atoms with Crippen LogP contribution in [0.25, 0.3) is 0 Å². The standard InChI is InChI=1S/C18H23ClN2O2/c1-13-4-6-17(14(2)8-13)23-12-16(22)11-21(3)10-15-5-7-18(19)20-9-15/h4-9,16,22H,10-12H2,1-3H3. The summed E-state index contributed by atoms with van der Waals surface area (Å²) < 4.78 is 5.71. The van der Waals surface area contributed by atoms with E-state index in [0.717, 1.165) is 16.9 Å². The Morgan fingerprint density at radius 1 is 1.26 bits per heavy atom. The summed E-state index contributed by atoms with van der Waals surface area (Å²) in [6.45, 7) is 5.55. The molecule has 0 radical (unpaired) electrons. The molecule has 4 nitrogen and oxygen atoms in total. The summed E-state index contributed by atoms with van der Waals surface area (Å²) in [5.74, 6) is 0.819. The van der Waals surface area contributed by atoms with Crippen molar-refractivity contribution in [3.8, 4) is 5.75 Å². The predicted molar refractivity (Wildman–Crippen MR) is 93.0 cm³/mol. The van der Waals surface area contributed by atoms with Gasteiger partial charge in [0.1, 0.15) is 23.6 Å². The highest BCUT2D eigenvalue weighted by atomic mass is 35.5. The fourth-order valence-electron chi connectivity index (χ4n) is 2.44. The van der Waals surface area contributed by atoms with E-state index in [-0.39, 0.29) is 6.61 Å². The lowest BCUT2D eigenvalue weighted by atomic mass is 10.1. The Morgan fingerprint density at radius 3 is 2.70 bits per heavy atom. The molecule has 23 heavy (non-hydrogen) atoms. The van der Waals surface area contributed by atoms with Crippen molar-refractivity contribution in [3.05, 3.63) is 58.4 Å². The molecule has 1 unspecified atom stereocenters. The summed E-state index contributed by atoms with van der Waals surface area (Å²) in [4.78, 5) is 6.08. The quantitative estimate of drug-likeness (QED) is 0.790. The number of benzene rings is 1. The summed E-state index contributed by atoms with van der Waals surface area (Å²) in [6, 6.07) is 9.73. The first-order chi connectivity index (χ1) is 10.9. The largest absolute Gasteiger partial charge is 0.491 e. The van der Waals surface area contributed by atoms with Crippen LogP contribution in [-0.2, 0) is 6.54 Å². The first kappa shape index (κ1) is 17.7. The first-order valence-electron chi connectivity index (χ1n) is 7.61. The smallest absolute Gasteiger partial charge is 0.129 e. The summed E-state index contributed by atoms with van der Waals surface area (Å²) in [6.07, 6.45) is 1.19. The van der Waals surface area contributed by atoms with Gasteiger partial charge in [0.25, 0.3) is 0 Å². The van der Waals surface area contributed by atoms with Gasteiger partial charge in [0, 0.05) is 19.3 Å². The van der Waals surface area contributed by atoms with E-state index in [9.17, 15) is 5.11 Å². The van der Waals surface area contributed by atoms with Crippen LogP contribution < -0.4 is 4.74 Å². The van der Waals surface area contributed by atoms with Crippen LogP contribution in [0.5, 0.6) is 5.75 Å². The molecule has 1 aromatic heterocycles. The van der Waals surface area contributed by atoms with Gasteiger partial charge in [-0.2, -0.15) is 0 Å². The molecule has 0 aliphatic rings. The van der Waals surface area contributed by atoms with Crippen LogP contribution in [-0.4, -0.2) is 41.3 Å². The zero-order valence-corrected chi connectivity index (χ0v) is 14.5. The predicted octanol–water partition coefficient (Wildman–Crippen LogP) is 3.22. The second-order valence-corrected chi connectivity index (χ2v) is 6.31. The van der Waals surface area contributed by atoms with Gasteiger partial charge in [-0.3, -0.25) is 4.90 Å². The molecule has 0 bridgehead atoms. The second kappa shape index (κ2) is 8.29. The van der Waals surface area contributed by atoms with Gasteiger partial charge in [-0.05, 0) is 44.2 Å². The van der Waals surface area contributed by atoms with E-state index < -0.39 is 6.10 Å². The Labute approximate surface area is 142 Å². The van der Waals surface area contributed by atoms with Crippen molar-refractivity contribution in [2.75, 3.05) is 20.2 Å². The molecule has 1 aromatic carbocycles. The van der Waals surface area contributed by atoms with Gasteiger partial charge < -0.3 is 9.84 Å². The van der Waals surface area contributed by atoms with E-state index in [0.29, 0.717) is 18.2 Å². The number of ether oxygens (including phenoxy) is 1. The minimum absolute atomic E-state index is 0.271. The van der Waals surface area contributed by atoms with Gasteiger partial charge in [-0.15, -0.1) is 0 Å². The number of hydrogen-bond donors (Lipinski definition) is 1. The molecule has 0 amide bonds. The zero-order valence-electron chi connectivity index (χ0n) is 13.8. The van der Waals surface area contributed by atoms with Crippen LogP contribution in [0, 0.1) is 13.8 Å². The van der Waals surface area contributed by atoms with Crippen molar-refractivity contribution in [2.24, 2.45) is 0 Å². The van der Waals surface area contributed by atoms with Crippen molar-refractivity contribution < 1.29 is 9.84 Å². The number of nitrogens with zero attached hydrogens (tertiary/aromatic N) is 2. The molecule has 0 aliphatic heterocycles. The van der Waals surface area contributed by atoms with Crippen molar-refractivity contribution in [2.45, 2.75) is 26.5 Å². The normalized spacial score (nSPS) is 12.4. The molecule has 1 N–H and O–H groups in total. The van der Waals surface area contributed by atoms with Crippen LogP contribution in [0.2, 0.25) is 5.15 Å². The summed E-state index contributed by atoms with van der Waals surface area (Å²) >= 11 is 5.77. The summed E-state index contributed by atoms with van der Waals surface area (Å²) in [7, 11) is 1.95. The summed E-state index contributed by atoms with van der Waals surface area (Å²) in [5.41, 5.74) is 3.34. The van der Waals surface area contributed by atoms with E-state index in [1.54, 1.807) is 12.3 Å². The first-order valence-corrected chi connectivity index (χ1v) is 7.99. The third kappa shape index (κ3) is 5.82. The van der Waals surface area contributed by atoms with Crippen molar-refractivity contribution in [1.29, 1.82) is 0 Å². The van der Waals surface area contributed by atoms with E-state index in [4.69, 9.17) is 16.3 Å². The Kier molecular flexibility index (Phi) is 6.39. The molecule has 1 heterocycles. The number of aryl methyl sites for hydroxylation is 2. The Hall–Kier alpha value is -1.62. The molecule has 0 spiro atoms. The number of aliphatic hydroxyl groups excluding tert-OH is 1. The highest BCUT2D eigenvalue weighted by Gasteiger charge is 2.11. The molecular weight excluding hydrogens is 312 g/mol. The third-order valence-corrected chi connectivity index (χ3v) is 3.75. The van der Waals surface area contributed by atoms with Gasteiger partial charge in [0.15, 0.2) is 0 Å². The number of halogens is 1. The van der Waals surface area contributed by atoms with E-state index in [1.165, 1.54) is 5.56 Å². The number of hydrogen-bond acceptors (Lipinski definition) is 4. The maximum Gasteiger partial charge on any atom is 0.129 e. The minimum atomic E-state index is -0.555. The van der Waals surface area contributed by atoms with E-state index in [2.05, 4.69) is 11.1 Å². The van der Waals surface area contributed by atoms with Crippen molar-refractivity contribution in [1.82, 2.24) is 9.88 Å². The number of pyridine rings is 1. The minimum Gasteiger partial charge on any atom is -0.491 e. The molecule has 1 atom stereocenters. The fraction of sp³-hybridized carbons (Fsp3) is 0.389. The number of likely N-dealkylation sites (N-methyl/N-ethyl adjacent to an activating group) is 1. The topological polar surface area (TPSA) is 45.6 Å². The molecule has 124 valence electrons. The van der Waals surface area contributed by atoms with Crippen molar-refractivity contribution >= 4 is 11.6 Å². The van der Waals surface area contributed by atoms with Crippen LogP contribution in [0.3, 0.4) is 0 Å². The van der Waals surface area contributed by atoms with Gasteiger partial charge in [-0.1, -0.05) is 35.4 Å². The molecule has 0 fully saturated rings. The van der Waals surface area contributed by atoms with Gasteiger partial charge in [-0.25, -0.2) is 4.98 Å². The highest BCUT2D eigenvalue weighted by molar-refractivity contribution is 6.29. The van der Waals surface area contributed by atoms with Gasteiger partial charge in [0.2, 0.25) is 0 Å². The molecule has 5 heteroatoms. The Balaban J connectivity index is 1.79. The lowest BCUT2D eigenvalue weighted by Crippen LogP contribution is -2.32. The second-order valence-electron chi connectivity index (χ2n) is 5.92. The zero-order chi connectivity index (χ0) is 16.8. The maximum absolute atomic E-state index is 10.1. The number of rotatable bonds is 7. The van der Waals surface area contributed by atoms with Crippen LogP contribution in [0.15, 0.2) is 36.5 Å². The molecule has 2 rings (SSSR count). The maximum atomic E-state index is 10.1. The SMILES string of the molecule is Cc1ccc(OCC(O)CN(C)Cc2ccc(Cl)nc2)c(C)c1. The molecule has 0 saturated carbocycles. The Morgan fingerprint density at radius 2 is 2.04 bits per heavy atom. The average molecular weight is 335 g/mol. The average Bonchev–Trinajstić information content (AvgIpc) is 2.48. The number of aliphatic hydroxyl groups is 1. The fourth-order valence-corrected chi connectivity index (χ4v) is 2.55. The molecule has 2 aromatic rings.